The molecule has 0 fully saturated rings. The molecule has 0 aliphatic rings. The van der Waals surface area contributed by atoms with Gasteiger partial charge in [-0.2, -0.15) is 0 Å². The van der Waals surface area contributed by atoms with Gasteiger partial charge in [-0.05, 0) is 19.9 Å². The Balaban J connectivity index is 2.37. The van der Waals surface area contributed by atoms with E-state index < -0.39 is 0 Å². The third kappa shape index (κ3) is 4.28. The maximum absolute atomic E-state index is 5.33. The van der Waals surface area contributed by atoms with Gasteiger partial charge in [0.1, 0.15) is 0 Å². The number of nitrogens with zero attached hydrogens (tertiary/aromatic N) is 3. The van der Waals surface area contributed by atoms with E-state index in [1.165, 1.54) is 0 Å². The first-order valence-corrected chi connectivity index (χ1v) is 5.96. The molecule has 0 radical (unpaired) electrons. The normalized spacial score (nSPS) is 12.9. The lowest BCUT2D eigenvalue weighted by atomic mass is 10.1. The molecule has 1 aromatic heterocycles. The topological polar surface area (TPSA) is 52.0 Å². The molecule has 1 unspecified atom stereocenters. The van der Waals surface area contributed by atoms with Gasteiger partial charge in [0.2, 0.25) is 0 Å². The largest absolute Gasteiger partial charge is 0.382 e. The smallest absolute Gasteiger partial charge is 0.0921 e. The van der Waals surface area contributed by atoms with Gasteiger partial charge in [-0.3, -0.25) is 5.32 Å². The second kappa shape index (κ2) is 7.35. The summed E-state index contributed by atoms with van der Waals surface area (Å²) in [5.74, 6) is 0.405. The summed E-state index contributed by atoms with van der Waals surface area (Å²) in [7, 11) is 0. The van der Waals surface area contributed by atoms with E-state index in [0.717, 1.165) is 38.5 Å². The first kappa shape index (κ1) is 13.1. The van der Waals surface area contributed by atoms with Gasteiger partial charge in [-0.15, -0.1) is 5.10 Å². The van der Waals surface area contributed by atoms with Crippen molar-refractivity contribution in [1.82, 2.24) is 20.3 Å². The molecule has 1 rings (SSSR count). The average molecular weight is 226 g/mol. The predicted octanol–water partition coefficient (Wildman–Crippen LogP) is 1.38. The molecule has 92 valence electrons. The fourth-order valence-corrected chi connectivity index (χ4v) is 1.40. The molecule has 1 heterocycles. The van der Waals surface area contributed by atoms with Crippen LogP contribution in [0.1, 0.15) is 38.8 Å². The van der Waals surface area contributed by atoms with E-state index in [9.17, 15) is 0 Å². The minimum atomic E-state index is 0.405. The summed E-state index contributed by atoms with van der Waals surface area (Å²) in [6.45, 7) is 9.47. The Bertz CT molecular complexity index is 287. The average Bonchev–Trinajstić information content (AvgIpc) is 2.75. The lowest BCUT2D eigenvalue weighted by molar-refractivity contribution is 0.140. The van der Waals surface area contributed by atoms with Crippen LogP contribution in [0, 0.1) is 0 Å². The molecule has 0 aliphatic heterocycles. The Morgan fingerprint density at radius 2 is 2.31 bits per heavy atom. The summed E-state index contributed by atoms with van der Waals surface area (Å²) in [5.41, 5.74) is 1.04. The van der Waals surface area contributed by atoms with Gasteiger partial charge in [-0.25, -0.2) is 4.68 Å². The highest BCUT2D eigenvalue weighted by Crippen LogP contribution is 2.15. The van der Waals surface area contributed by atoms with Crippen LogP contribution in [0.2, 0.25) is 0 Å². The number of nitrogens with one attached hydrogen (secondary N) is 1. The number of hydrogen-bond acceptors (Lipinski definition) is 4. The fourth-order valence-electron chi connectivity index (χ4n) is 1.40. The molecule has 5 heteroatoms. The van der Waals surface area contributed by atoms with Crippen molar-refractivity contribution >= 4 is 0 Å². The molecule has 0 saturated carbocycles. The van der Waals surface area contributed by atoms with Crippen LogP contribution in [0.15, 0.2) is 6.20 Å². The van der Waals surface area contributed by atoms with Crippen LogP contribution in [0.3, 0.4) is 0 Å². The van der Waals surface area contributed by atoms with E-state index in [1.54, 1.807) is 0 Å². The van der Waals surface area contributed by atoms with E-state index in [4.69, 9.17) is 4.74 Å². The van der Waals surface area contributed by atoms with Crippen molar-refractivity contribution in [1.29, 1.82) is 0 Å². The van der Waals surface area contributed by atoms with Crippen molar-refractivity contribution in [3.8, 4) is 0 Å². The Morgan fingerprint density at radius 1 is 1.50 bits per heavy atom. The standard InChI is InChI=1S/C11H22N4O/c1-4-12-9-15-8-11(13-14-15)10(3)6-7-16-5-2/h8,10,12H,4-7,9H2,1-3H3. The lowest BCUT2D eigenvalue weighted by Crippen LogP contribution is -2.18. The summed E-state index contributed by atoms with van der Waals surface area (Å²) in [4.78, 5) is 0. The quantitative estimate of drug-likeness (QED) is 0.680. The fraction of sp³-hybridized carbons (Fsp3) is 0.818. The first-order valence-electron chi connectivity index (χ1n) is 5.96. The molecular weight excluding hydrogens is 204 g/mol. The molecule has 16 heavy (non-hydrogen) atoms. The summed E-state index contributed by atoms with van der Waals surface area (Å²) in [6, 6.07) is 0. The summed E-state index contributed by atoms with van der Waals surface area (Å²) >= 11 is 0. The highest BCUT2D eigenvalue weighted by atomic mass is 16.5. The Morgan fingerprint density at radius 3 is 3.00 bits per heavy atom. The molecule has 0 spiro atoms. The van der Waals surface area contributed by atoms with Crippen molar-refractivity contribution in [3.05, 3.63) is 11.9 Å². The van der Waals surface area contributed by atoms with E-state index in [1.807, 2.05) is 17.8 Å². The van der Waals surface area contributed by atoms with Crippen molar-refractivity contribution in [2.45, 2.75) is 39.8 Å². The molecule has 1 aromatic rings. The molecule has 0 saturated heterocycles. The van der Waals surface area contributed by atoms with Gasteiger partial charge in [0.05, 0.1) is 18.6 Å². The SMILES string of the molecule is CCNCn1cc(C(C)CCOCC)nn1. The van der Waals surface area contributed by atoms with Crippen LogP contribution >= 0.6 is 0 Å². The van der Waals surface area contributed by atoms with Gasteiger partial charge in [0, 0.05) is 19.1 Å². The van der Waals surface area contributed by atoms with Gasteiger partial charge in [-0.1, -0.05) is 19.1 Å². The summed E-state index contributed by atoms with van der Waals surface area (Å²) in [5, 5.41) is 11.4. The predicted molar refractivity (Wildman–Crippen MR) is 63.2 cm³/mol. The van der Waals surface area contributed by atoms with E-state index in [2.05, 4.69) is 29.5 Å². The Kier molecular flexibility index (Phi) is 6.03. The summed E-state index contributed by atoms with van der Waals surface area (Å²) in [6.07, 6.45) is 2.99. The molecule has 0 aliphatic carbocycles. The molecule has 5 nitrogen and oxygen atoms in total. The van der Waals surface area contributed by atoms with Crippen LogP contribution in [-0.2, 0) is 11.4 Å². The zero-order valence-corrected chi connectivity index (χ0v) is 10.4. The van der Waals surface area contributed by atoms with Crippen LogP contribution in [0.4, 0.5) is 0 Å². The van der Waals surface area contributed by atoms with E-state index in [0.29, 0.717) is 5.92 Å². The van der Waals surface area contributed by atoms with Gasteiger partial charge >= 0.3 is 0 Å². The van der Waals surface area contributed by atoms with Gasteiger partial charge in [0.25, 0.3) is 0 Å². The molecule has 1 atom stereocenters. The molecule has 0 amide bonds. The van der Waals surface area contributed by atoms with Crippen molar-refractivity contribution in [2.75, 3.05) is 19.8 Å². The summed E-state index contributed by atoms with van der Waals surface area (Å²) < 4.78 is 7.16. The monoisotopic (exact) mass is 226 g/mol. The number of hydrogen-bond donors (Lipinski definition) is 1. The van der Waals surface area contributed by atoms with E-state index in [-0.39, 0.29) is 0 Å². The van der Waals surface area contributed by atoms with Crippen LogP contribution in [0.25, 0.3) is 0 Å². The highest BCUT2D eigenvalue weighted by Gasteiger charge is 2.09. The third-order valence-electron chi connectivity index (χ3n) is 2.48. The number of rotatable bonds is 8. The van der Waals surface area contributed by atoms with Crippen molar-refractivity contribution in [3.63, 3.8) is 0 Å². The number of ether oxygens (including phenoxy) is 1. The van der Waals surface area contributed by atoms with Crippen molar-refractivity contribution < 1.29 is 4.74 Å². The Labute approximate surface area is 97.2 Å². The molecular formula is C11H22N4O. The minimum Gasteiger partial charge on any atom is -0.382 e. The van der Waals surface area contributed by atoms with Crippen LogP contribution in [-0.4, -0.2) is 34.8 Å². The number of aromatic nitrogens is 3. The zero-order valence-electron chi connectivity index (χ0n) is 10.4. The zero-order chi connectivity index (χ0) is 11.8. The second-order valence-electron chi connectivity index (χ2n) is 3.83. The molecule has 1 N–H and O–H groups in total. The second-order valence-corrected chi connectivity index (χ2v) is 3.83. The molecule has 0 bridgehead atoms. The maximum atomic E-state index is 5.33. The first-order chi connectivity index (χ1) is 7.77. The van der Waals surface area contributed by atoms with Gasteiger partial charge < -0.3 is 4.74 Å². The van der Waals surface area contributed by atoms with Gasteiger partial charge in [0.15, 0.2) is 0 Å². The van der Waals surface area contributed by atoms with Crippen LogP contribution < -0.4 is 5.32 Å². The Hall–Kier alpha value is -0.940. The third-order valence-corrected chi connectivity index (χ3v) is 2.48. The minimum absolute atomic E-state index is 0.405. The van der Waals surface area contributed by atoms with E-state index >= 15 is 0 Å². The maximum Gasteiger partial charge on any atom is 0.0921 e. The lowest BCUT2D eigenvalue weighted by Gasteiger charge is -2.07. The van der Waals surface area contributed by atoms with Crippen molar-refractivity contribution in [2.24, 2.45) is 0 Å². The van der Waals surface area contributed by atoms with Crippen LogP contribution in [0.5, 0.6) is 0 Å². The molecule has 0 aromatic carbocycles. The highest BCUT2D eigenvalue weighted by molar-refractivity contribution is 4.99.